The minimum Gasteiger partial charge on any atom is -0.492 e. The minimum absolute atomic E-state index is 0.294. The van der Waals surface area contributed by atoms with Gasteiger partial charge in [-0.3, -0.25) is 0 Å². The fourth-order valence-electron chi connectivity index (χ4n) is 2.61. The number of benzene rings is 1. The Balaban J connectivity index is 1.86. The van der Waals surface area contributed by atoms with E-state index in [4.69, 9.17) is 4.74 Å². The van der Waals surface area contributed by atoms with Gasteiger partial charge >= 0.3 is 0 Å². The topological polar surface area (TPSA) is 58.6 Å². The van der Waals surface area contributed by atoms with E-state index in [0.717, 1.165) is 17.9 Å². The Hall–Kier alpha value is -1.11. The second-order valence-electron chi connectivity index (χ2n) is 4.95. The lowest BCUT2D eigenvalue weighted by molar-refractivity contribution is 0.292. The van der Waals surface area contributed by atoms with E-state index in [2.05, 4.69) is 5.32 Å². The molecule has 2 heterocycles. The van der Waals surface area contributed by atoms with Crippen molar-refractivity contribution in [3.8, 4) is 5.75 Å². The van der Waals surface area contributed by atoms with Crippen LogP contribution in [0.2, 0.25) is 0 Å². The van der Waals surface area contributed by atoms with Crippen LogP contribution in [0.1, 0.15) is 12.0 Å². The number of rotatable bonds is 2. The molecule has 19 heavy (non-hydrogen) atoms. The highest BCUT2D eigenvalue weighted by Crippen LogP contribution is 2.26. The highest BCUT2D eigenvalue weighted by Gasteiger charge is 2.35. The molecule has 1 unspecified atom stereocenters. The zero-order valence-electron chi connectivity index (χ0n) is 10.7. The third kappa shape index (κ3) is 2.48. The van der Waals surface area contributed by atoms with Gasteiger partial charge in [0.2, 0.25) is 10.0 Å². The molecule has 0 saturated carbocycles. The summed E-state index contributed by atoms with van der Waals surface area (Å²) in [5.74, 6) is 0.796. The third-order valence-corrected chi connectivity index (χ3v) is 5.99. The quantitative estimate of drug-likeness (QED) is 0.862. The fraction of sp³-hybridized carbons (Fsp3) is 0.538. The van der Waals surface area contributed by atoms with Gasteiger partial charge < -0.3 is 10.1 Å². The Morgan fingerprint density at radius 1 is 1.32 bits per heavy atom. The van der Waals surface area contributed by atoms with Crippen LogP contribution in [0.5, 0.6) is 5.75 Å². The number of ether oxygens (including phenoxy) is 1. The summed E-state index contributed by atoms with van der Waals surface area (Å²) < 4.78 is 32.3. The van der Waals surface area contributed by atoms with Gasteiger partial charge in [0.1, 0.15) is 12.4 Å². The van der Waals surface area contributed by atoms with E-state index < -0.39 is 10.0 Å². The van der Waals surface area contributed by atoms with Gasteiger partial charge in [0.05, 0.1) is 5.25 Å². The molecule has 1 atom stereocenters. The van der Waals surface area contributed by atoms with Crippen LogP contribution in [0.25, 0.3) is 0 Å². The molecule has 3 rings (SSSR count). The molecular formula is C13H18N2O3S. The van der Waals surface area contributed by atoms with E-state index in [-0.39, 0.29) is 5.25 Å². The Labute approximate surface area is 113 Å². The van der Waals surface area contributed by atoms with Crippen molar-refractivity contribution in [2.24, 2.45) is 0 Å². The van der Waals surface area contributed by atoms with Gasteiger partial charge in [-0.05, 0) is 19.0 Å². The van der Waals surface area contributed by atoms with Crippen molar-refractivity contribution in [1.82, 2.24) is 9.62 Å². The zero-order chi connectivity index (χ0) is 13.3. The first-order valence-corrected chi connectivity index (χ1v) is 8.08. The average molecular weight is 282 g/mol. The maximum atomic E-state index is 12.6. The van der Waals surface area contributed by atoms with Crippen molar-refractivity contribution in [2.75, 3.05) is 26.2 Å². The lowest BCUT2D eigenvalue weighted by Crippen LogP contribution is -2.40. The smallest absolute Gasteiger partial charge is 0.218 e. The lowest BCUT2D eigenvalue weighted by Gasteiger charge is -2.23. The molecule has 0 bridgehead atoms. The molecular weight excluding hydrogens is 264 g/mol. The molecule has 1 N–H and O–H groups in total. The Bertz CT molecular complexity index is 553. The summed E-state index contributed by atoms with van der Waals surface area (Å²) in [5.41, 5.74) is 0.939. The second kappa shape index (κ2) is 5.11. The molecule has 0 aliphatic carbocycles. The van der Waals surface area contributed by atoms with Gasteiger partial charge in [0.25, 0.3) is 0 Å². The van der Waals surface area contributed by atoms with Crippen LogP contribution in [-0.2, 0) is 16.6 Å². The standard InChI is InChI=1S/C13H18N2O3S/c16-19(17,12-5-6-14-9-12)15-7-8-18-13-4-2-1-3-11(13)10-15/h1-4,12,14H,5-10H2. The molecule has 1 fully saturated rings. The number of sulfonamides is 1. The van der Waals surface area contributed by atoms with Gasteiger partial charge in [-0.15, -0.1) is 0 Å². The van der Waals surface area contributed by atoms with E-state index in [0.29, 0.717) is 32.7 Å². The molecule has 0 aromatic heterocycles. The highest BCUT2D eigenvalue weighted by atomic mass is 32.2. The largest absolute Gasteiger partial charge is 0.492 e. The third-order valence-electron chi connectivity index (χ3n) is 3.71. The molecule has 104 valence electrons. The maximum Gasteiger partial charge on any atom is 0.218 e. The number of nitrogens with one attached hydrogen (secondary N) is 1. The number of fused-ring (bicyclic) bond motifs is 1. The van der Waals surface area contributed by atoms with E-state index in [1.165, 1.54) is 0 Å². The summed E-state index contributed by atoms with van der Waals surface area (Å²) in [5, 5.41) is 2.82. The first-order chi connectivity index (χ1) is 9.18. The van der Waals surface area contributed by atoms with Crippen LogP contribution in [0, 0.1) is 0 Å². The van der Waals surface area contributed by atoms with Crippen molar-refractivity contribution in [3.63, 3.8) is 0 Å². The molecule has 1 aromatic carbocycles. The molecule has 6 heteroatoms. The zero-order valence-corrected chi connectivity index (χ0v) is 11.5. The van der Waals surface area contributed by atoms with Gasteiger partial charge in [-0.2, -0.15) is 4.31 Å². The van der Waals surface area contributed by atoms with Gasteiger partial charge in [0, 0.05) is 25.2 Å². The van der Waals surface area contributed by atoms with E-state index >= 15 is 0 Å². The summed E-state index contributed by atoms with van der Waals surface area (Å²) in [6.07, 6.45) is 0.696. The summed E-state index contributed by atoms with van der Waals surface area (Å²) >= 11 is 0. The number of nitrogens with zero attached hydrogens (tertiary/aromatic N) is 1. The second-order valence-corrected chi connectivity index (χ2v) is 7.16. The molecule has 2 aliphatic heterocycles. The van der Waals surface area contributed by atoms with Gasteiger partial charge in [0.15, 0.2) is 0 Å². The van der Waals surface area contributed by atoms with E-state index in [1.54, 1.807) is 4.31 Å². The van der Waals surface area contributed by atoms with Crippen LogP contribution < -0.4 is 10.1 Å². The molecule has 0 radical (unpaired) electrons. The predicted molar refractivity (Wildman–Crippen MR) is 72.5 cm³/mol. The summed E-state index contributed by atoms with van der Waals surface area (Å²) in [6, 6.07) is 7.64. The van der Waals surface area contributed by atoms with Gasteiger partial charge in [-0.1, -0.05) is 18.2 Å². The van der Waals surface area contributed by atoms with Crippen molar-refractivity contribution >= 4 is 10.0 Å². The summed E-state index contributed by atoms with van der Waals surface area (Å²) in [6.45, 7) is 2.59. The van der Waals surface area contributed by atoms with Crippen molar-refractivity contribution in [1.29, 1.82) is 0 Å². The van der Waals surface area contributed by atoms with Crippen LogP contribution in [0.3, 0.4) is 0 Å². The molecule has 5 nitrogen and oxygen atoms in total. The fourth-order valence-corrected chi connectivity index (χ4v) is 4.43. The molecule has 0 amide bonds. The minimum atomic E-state index is -3.24. The predicted octanol–water partition coefficient (Wildman–Crippen LogP) is 0.573. The molecule has 2 aliphatic rings. The Morgan fingerprint density at radius 3 is 2.95 bits per heavy atom. The molecule has 0 spiro atoms. The Kier molecular flexibility index (Phi) is 3.47. The van der Waals surface area contributed by atoms with Crippen LogP contribution in [0.15, 0.2) is 24.3 Å². The highest BCUT2D eigenvalue weighted by molar-refractivity contribution is 7.89. The van der Waals surface area contributed by atoms with Gasteiger partial charge in [-0.25, -0.2) is 8.42 Å². The van der Waals surface area contributed by atoms with Crippen molar-refractivity contribution in [3.05, 3.63) is 29.8 Å². The first kappa shape index (κ1) is 12.9. The lowest BCUT2D eigenvalue weighted by atomic mass is 10.2. The number of hydrogen-bond donors (Lipinski definition) is 1. The first-order valence-electron chi connectivity index (χ1n) is 6.58. The summed E-state index contributed by atoms with van der Waals surface area (Å²) in [4.78, 5) is 0. The molecule has 1 saturated heterocycles. The van der Waals surface area contributed by atoms with Crippen molar-refractivity contribution in [2.45, 2.75) is 18.2 Å². The SMILES string of the molecule is O=S(=O)(C1CCNC1)N1CCOc2ccccc2C1. The maximum absolute atomic E-state index is 12.6. The number of para-hydroxylation sites is 1. The average Bonchev–Trinajstić information content (AvgIpc) is 2.85. The van der Waals surface area contributed by atoms with Crippen LogP contribution >= 0.6 is 0 Å². The summed E-state index contributed by atoms with van der Waals surface area (Å²) in [7, 11) is -3.24. The van der Waals surface area contributed by atoms with Crippen LogP contribution in [0.4, 0.5) is 0 Å². The molecule has 1 aromatic rings. The number of hydrogen-bond acceptors (Lipinski definition) is 4. The van der Waals surface area contributed by atoms with Crippen LogP contribution in [-0.4, -0.2) is 44.2 Å². The van der Waals surface area contributed by atoms with Crippen molar-refractivity contribution < 1.29 is 13.2 Å². The Morgan fingerprint density at radius 2 is 2.16 bits per heavy atom. The monoisotopic (exact) mass is 282 g/mol. The van der Waals surface area contributed by atoms with E-state index in [1.807, 2.05) is 24.3 Å². The normalized spacial score (nSPS) is 24.5. The van der Waals surface area contributed by atoms with E-state index in [9.17, 15) is 8.42 Å².